The van der Waals surface area contributed by atoms with E-state index in [4.69, 9.17) is 0 Å². The molecule has 1 unspecified atom stereocenters. The fourth-order valence-electron chi connectivity index (χ4n) is 3.41. The Bertz CT molecular complexity index is 450. The van der Waals surface area contributed by atoms with Crippen LogP contribution in [0.4, 0.5) is 0 Å². The van der Waals surface area contributed by atoms with Gasteiger partial charge in [-0.3, -0.25) is 4.79 Å². The fraction of sp³-hybridized carbons (Fsp3) is 0.696. The molecule has 0 bridgehead atoms. The lowest BCUT2D eigenvalue weighted by Crippen LogP contribution is -2.11. The second-order valence-electron chi connectivity index (χ2n) is 7.35. The zero-order chi connectivity index (χ0) is 18.3. The first-order chi connectivity index (χ1) is 12.2. The Morgan fingerprint density at radius 1 is 0.800 bits per heavy atom. The molecule has 142 valence electrons. The second kappa shape index (κ2) is 13.9. The number of hydrogen-bond donors (Lipinski definition) is 1. The van der Waals surface area contributed by atoms with Crippen molar-refractivity contribution in [1.82, 2.24) is 0 Å². The van der Waals surface area contributed by atoms with Crippen LogP contribution in [0.1, 0.15) is 108 Å². The average Bonchev–Trinajstić information content (AvgIpc) is 2.61. The van der Waals surface area contributed by atoms with Crippen molar-refractivity contribution in [2.45, 2.75) is 103 Å². The van der Waals surface area contributed by atoms with Crippen LogP contribution in [0.25, 0.3) is 0 Å². The molecule has 0 saturated carbocycles. The Morgan fingerprint density at radius 2 is 1.32 bits per heavy atom. The van der Waals surface area contributed by atoms with Crippen LogP contribution in [0.2, 0.25) is 0 Å². The molecule has 1 N–H and O–H groups in total. The molecule has 2 heteroatoms. The highest BCUT2D eigenvalue weighted by atomic mass is 16.4. The van der Waals surface area contributed by atoms with Gasteiger partial charge in [0.15, 0.2) is 0 Å². The predicted octanol–water partition coefficient (Wildman–Crippen LogP) is 7.12. The van der Waals surface area contributed by atoms with Crippen molar-refractivity contribution in [1.29, 1.82) is 0 Å². The van der Waals surface area contributed by atoms with E-state index >= 15 is 0 Å². The molecule has 0 saturated heterocycles. The van der Waals surface area contributed by atoms with E-state index in [0.717, 1.165) is 31.2 Å². The number of aliphatic carboxylic acids is 1. The van der Waals surface area contributed by atoms with Crippen LogP contribution in [0, 0.1) is 0 Å². The average molecular weight is 347 g/mol. The predicted molar refractivity (Wildman–Crippen MR) is 107 cm³/mol. The monoisotopic (exact) mass is 346 g/mol. The molecule has 25 heavy (non-hydrogen) atoms. The smallest absolute Gasteiger partial charge is 0.310 e. The molecule has 0 aliphatic heterocycles. The van der Waals surface area contributed by atoms with Gasteiger partial charge in [0.05, 0.1) is 5.92 Å². The zero-order valence-electron chi connectivity index (χ0n) is 16.4. The van der Waals surface area contributed by atoms with Gasteiger partial charge in [-0.1, -0.05) is 102 Å². The molecule has 1 atom stereocenters. The number of carboxylic acids is 1. The number of unbranched alkanes of at least 4 members (excludes halogenated alkanes) is 9. The number of hydrogen-bond acceptors (Lipinski definition) is 1. The van der Waals surface area contributed by atoms with Crippen LogP contribution in [-0.2, 0) is 11.2 Å². The summed E-state index contributed by atoms with van der Waals surface area (Å²) >= 11 is 0. The fourth-order valence-corrected chi connectivity index (χ4v) is 3.41. The van der Waals surface area contributed by atoms with Gasteiger partial charge in [0.2, 0.25) is 0 Å². The van der Waals surface area contributed by atoms with Crippen molar-refractivity contribution in [3.8, 4) is 0 Å². The highest BCUT2D eigenvalue weighted by molar-refractivity contribution is 5.76. The Labute approximate surface area is 155 Å². The van der Waals surface area contributed by atoms with Gasteiger partial charge in [-0.25, -0.2) is 0 Å². The molecule has 1 aromatic rings. The summed E-state index contributed by atoms with van der Waals surface area (Å²) in [5, 5.41) is 9.51. The van der Waals surface area contributed by atoms with Crippen LogP contribution >= 0.6 is 0 Å². The molecule has 0 heterocycles. The molecule has 0 amide bonds. The summed E-state index contributed by atoms with van der Waals surface area (Å²) in [6.07, 6.45) is 15.7. The van der Waals surface area contributed by atoms with Crippen LogP contribution in [0.5, 0.6) is 0 Å². The highest BCUT2D eigenvalue weighted by Gasteiger charge is 2.19. The molecule has 0 radical (unpaired) electrons. The third-order valence-corrected chi connectivity index (χ3v) is 5.10. The first-order valence-corrected chi connectivity index (χ1v) is 10.5. The molecule has 1 aromatic carbocycles. The largest absolute Gasteiger partial charge is 0.481 e. The minimum atomic E-state index is -0.684. The Balaban J connectivity index is 2.35. The number of aryl methyl sites for hydroxylation is 1. The second-order valence-corrected chi connectivity index (χ2v) is 7.35. The maximum Gasteiger partial charge on any atom is 0.310 e. The van der Waals surface area contributed by atoms with Crippen LogP contribution < -0.4 is 0 Å². The Kier molecular flexibility index (Phi) is 12.1. The number of carboxylic acid groups (broad SMARTS) is 1. The van der Waals surface area contributed by atoms with Gasteiger partial charge in [0.25, 0.3) is 0 Å². The van der Waals surface area contributed by atoms with Crippen molar-refractivity contribution >= 4 is 5.97 Å². The van der Waals surface area contributed by atoms with Gasteiger partial charge in [0.1, 0.15) is 0 Å². The number of carbonyl (C=O) groups is 1. The molecule has 0 spiro atoms. The van der Waals surface area contributed by atoms with E-state index in [2.05, 4.69) is 26.0 Å². The molecule has 0 aliphatic rings. The highest BCUT2D eigenvalue weighted by Crippen LogP contribution is 2.24. The van der Waals surface area contributed by atoms with Crippen molar-refractivity contribution in [2.24, 2.45) is 0 Å². The standard InChI is InChI=1S/C23H38O2/c1-3-5-7-9-10-11-12-14-20-16-18-21(19-17-20)22(23(24)25)15-13-8-6-4-2/h16-19,22H,3-15H2,1-2H3,(H,24,25). The van der Waals surface area contributed by atoms with Gasteiger partial charge >= 0.3 is 5.97 Å². The summed E-state index contributed by atoms with van der Waals surface area (Å²) in [6, 6.07) is 8.34. The number of benzene rings is 1. The summed E-state index contributed by atoms with van der Waals surface area (Å²) in [5.74, 6) is -1.03. The van der Waals surface area contributed by atoms with Gasteiger partial charge in [-0.15, -0.1) is 0 Å². The normalized spacial score (nSPS) is 12.2. The lowest BCUT2D eigenvalue weighted by molar-refractivity contribution is -0.139. The Morgan fingerprint density at radius 3 is 1.88 bits per heavy atom. The van der Waals surface area contributed by atoms with Gasteiger partial charge in [-0.2, -0.15) is 0 Å². The SMILES string of the molecule is CCCCCCCCCc1ccc(C(CCCCCC)C(=O)O)cc1. The number of rotatable bonds is 15. The molecule has 0 aromatic heterocycles. The van der Waals surface area contributed by atoms with Gasteiger partial charge < -0.3 is 5.11 Å². The van der Waals surface area contributed by atoms with E-state index in [1.54, 1.807) is 0 Å². The van der Waals surface area contributed by atoms with Crippen LogP contribution in [-0.4, -0.2) is 11.1 Å². The molecule has 0 aliphatic carbocycles. The van der Waals surface area contributed by atoms with E-state index in [1.165, 1.54) is 63.4 Å². The zero-order valence-corrected chi connectivity index (χ0v) is 16.4. The molecular weight excluding hydrogens is 308 g/mol. The van der Waals surface area contributed by atoms with E-state index in [-0.39, 0.29) is 5.92 Å². The van der Waals surface area contributed by atoms with E-state index in [1.807, 2.05) is 12.1 Å². The first-order valence-electron chi connectivity index (χ1n) is 10.5. The van der Waals surface area contributed by atoms with Crippen LogP contribution in [0.3, 0.4) is 0 Å². The van der Waals surface area contributed by atoms with Crippen molar-refractivity contribution in [3.63, 3.8) is 0 Å². The maximum atomic E-state index is 11.6. The minimum absolute atomic E-state index is 0.343. The van der Waals surface area contributed by atoms with Crippen molar-refractivity contribution in [2.75, 3.05) is 0 Å². The third kappa shape index (κ3) is 9.67. The molecule has 1 rings (SSSR count). The summed E-state index contributed by atoms with van der Waals surface area (Å²) in [5.41, 5.74) is 2.31. The van der Waals surface area contributed by atoms with Crippen molar-refractivity contribution in [3.05, 3.63) is 35.4 Å². The van der Waals surface area contributed by atoms with E-state index in [9.17, 15) is 9.90 Å². The van der Waals surface area contributed by atoms with Gasteiger partial charge in [-0.05, 0) is 30.4 Å². The summed E-state index contributed by atoms with van der Waals surface area (Å²) in [4.78, 5) is 11.6. The summed E-state index contributed by atoms with van der Waals surface area (Å²) in [7, 11) is 0. The first kappa shape index (κ1) is 21.7. The molecule has 2 nitrogen and oxygen atoms in total. The Hall–Kier alpha value is -1.31. The van der Waals surface area contributed by atoms with Gasteiger partial charge in [0, 0.05) is 0 Å². The minimum Gasteiger partial charge on any atom is -0.481 e. The maximum absolute atomic E-state index is 11.6. The third-order valence-electron chi connectivity index (χ3n) is 5.10. The van der Waals surface area contributed by atoms with Crippen molar-refractivity contribution < 1.29 is 9.90 Å². The lowest BCUT2D eigenvalue weighted by Gasteiger charge is -2.13. The van der Waals surface area contributed by atoms with E-state index < -0.39 is 5.97 Å². The summed E-state index contributed by atoms with van der Waals surface area (Å²) < 4.78 is 0. The van der Waals surface area contributed by atoms with Crippen LogP contribution in [0.15, 0.2) is 24.3 Å². The topological polar surface area (TPSA) is 37.3 Å². The van der Waals surface area contributed by atoms with E-state index in [0.29, 0.717) is 0 Å². The summed E-state index contributed by atoms with van der Waals surface area (Å²) in [6.45, 7) is 4.43. The lowest BCUT2D eigenvalue weighted by atomic mass is 9.92. The molecule has 0 fully saturated rings. The quantitative estimate of drug-likeness (QED) is 0.343. The molecular formula is C23H38O2.